The van der Waals surface area contributed by atoms with Crippen LogP contribution in [-0.4, -0.2) is 47.6 Å². The molecule has 1 aliphatic rings. The highest BCUT2D eigenvalue weighted by Gasteiger charge is 2.28. The number of rotatable bonds is 7. The van der Waals surface area contributed by atoms with Crippen LogP contribution in [0.15, 0.2) is 6.33 Å². The lowest BCUT2D eigenvalue weighted by atomic mass is 9.97. The highest BCUT2D eigenvalue weighted by atomic mass is 32.1. The van der Waals surface area contributed by atoms with Crippen LogP contribution in [0.3, 0.4) is 0 Å². The van der Waals surface area contributed by atoms with Crippen molar-refractivity contribution in [2.24, 2.45) is 5.92 Å². The van der Waals surface area contributed by atoms with Crippen molar-refractivity contribution in [2.75, 3.05) is 24.6 Å². The number of carbonyl (C=O) groups excluding carboxylic acids is 2. The van der Waals surface area contributed by atoms with Gasteiger partial charge in [0, 0.05) is 24.0 Å². The molecule has 0 saturated carbocycles. The lowest BCUT2D eigenvalue weighted by Gasteiger charge is -2.32. The second kappa shape index (κ2) is 9.52. The molecule has 1 fully saturated rings. The molecule has 29 heavy (non-hydrogen) atoms. The lowest BCUT2D eigenvalue weighted by molar-refractivity contribution is -0.153. The zero-order valence-electron chi connectivity index (χ0n) is 17.7. The fraction of sp³-hybridized carbons (Fsp3) is 0.619. The number of ether oxygens (including phenoxy) is 1. The summed E-state index contributed by atoms with van der Waals surface area (Å²) < 4.78 is 5.26. The molecule has 2 aromatic rings. The Bertz CT molecular complexity index is 874. The van der Waals surface area contributed by atoms with Crippen LogP contribution in [0, 0.1) is 19.8 Å². The van der Waals surface area contributed by atoms with E-state index in [1.165, 1.54) is 10.4 Å². The molecule has 158 valence electrons. The smallest absolute Gasteiger partial charge is 0.309 e. The molecule has 7 nitrogen and oxygen atoms in total. The van der Waals surface area contributed by atoms with Gasteiger partial charge in [-0.1, -0.05) is 13.3 Å². The number of anilines is 1. The van der Waals surface area contributed by atoms with Gasteiger partial charge in [-0.2, -0.15) is 0 Å². The van der Waals surface area contributed by atoms with Gasteiger partial charge in [-0.25, -0.2) is 9.97 Å². The highest BCUT2D eigenvalue weighted by molar-refractivity contribution is 7.18. The summed E-state index contributed by atoms with van der Waals surface area (Å²) in [5.41, 5.74) is 1.23. The Kier molecular flexibility index (Phi) is 7.05. The van der Waals surface area contributed by atoms with Crippen molar-refractivity contribution in [1.82, 2.24) is 15.3 Å². The van der Waals surface area contributed by atoms with Crippen LogP contribution >= 0.6 is 11.3 Å². The molecule has 0 unspecified atom stereocenters. The van der Waals surface area contributed by atoms with Crippen LogP contribution in [-0.2, 0) is 14.3 Å². The minimum Gasteiger partial charge on any atom is -0.455 e. The molecule has 1 atom stereocenters. The standard InChI is InChI=1S/C21H30N4O3S/c1-5-6-13(2)24-17(26)11-28-21(27)16-7-9-25(10-8-16)19-18-14(3)15(4)29-20(18)23-12-22-19/h12-13,16H,5-11H2,1-4H3,(H,24,26)/t13-/m0/s1. The van der Waals surface area contributed by atoms with E-state index in [0.717, 1.165) is 42.0 Å². The van der Waals surface area contributed by atoms with Crippen LogP contribution < -0.4 is 10.2 Å². The highest BCUT2D eigenvalue weighted by Crippen LogP contribution is 2.35. The Balaban J connectivity index is 1.53. The minimum atomic E-state index is -0.279. The predicted octanol–water partition coefficient (Wildman–Crippen LogP) is 3.37. The van der Waals surface area contributed by atoms with Crippen molar-refractivity contribution in [3.05, 3.63) is 16.8 Å². The Morgan fingerprint density at radius 2 is 2.03 bits per heavy atom. The summed E-state index contributed by atoms with van der Waals surface area (Å²) in [5.74, 6) is 0.268. The first-order valence-electron chi connectivity index (χ1n) is 10.3. The monoisotopic (exact) mass is 418 g/mol. The third-order valence-electron chi connectivity index (χ3n) is 5.55. The first kappa shape index (κ1) is 21.5. The van der Waals surface area contributed by atoms with Crippen LogP contribution in [0.4, 0.5) is 5.82 Å². The van der Waals surface area contributed by atoms with Gasteiger partial charge >= 0.3 is 5.97 Å². The number of amides is 1. The number of carbonyl (C=O) groups is 2. The van der Waals surface area contributed by atoms with Crippen LogP contribution in [0.25, 0.3) is 10.2 Å². The van der Waals surface area contributed by atoms with Gasteiger partial charge in [0.1, 0.15) is 17.0 Å². The molecule has 2 aromatic heterocycles. The molecule has 1 aliphatic heterocycles. The molecule has 3 rings (SSSR count). The molecule has 1 saturated heterocycles. The summed E-state index contributed by atoms with van der Waals surface area (Å²) in [5, 5.41) is 3.97. The zero-order valence-corrected chi connectivity index (χ0v) is 18.5. The van der Waals surface area contributed by atoms with E-state index in [-0.39, 0.29) is 30.4 Å². The molecule has 3 heterocycles. The fourth-order valence-corrected chi connectivity index (χ4v) is 4.80. The molecule has 8 heteroatoms. The fourth-order valence-electron chi connectivity index (χ4n) is 3.81. The van der Waals surface area contributed by atoms with Gasteiger partial charge in [0.05, 0.1) is 11.3 Å². The molecule has 0 aromatic carbocycles. The average molecular weight is 419 g/mol. The summed E-state index contributed by atoms with van der Waals surface area (Å²) in [6, 6.07) is 0.100. The van der Waals surface area contributed by atoms with Gasteiger partial charge in [-0.05, 0) is 45.6 Å². The molecule has 0 radical (unpaired) electrons. The van der Waals surface area contributed by atoms with Crippen molar-refractivity contribution < 1.29 is 14.3 Å². The second-order valence-electron chi connectivity index (χ2n) is 7.79. The van der Waals surface area contributed by atoms with E-state index in [2.05, 4.69) is 41.0 Å². The van der Waals surface area contributed by atoms with Gasteiger partial charge in [-0.15, -0.1) is 11.3 Å². The molecule has 0 aliphatic carbocycles. The van der Waals surface area contributed by atoms with Crippen LogP contribution in [0.2, 0.25) is 0 Å². The SMILES string of the molecule is CCC[C@H](C)NC(=O)COC(=O)C1CCN(c2ncnc3sc(C)c(C)c23)CC1. The average Bonchev–Trinajstić information content (AvgIpc) is 3.00. The normalized spacial score (nSPS) is 16.1. The summed E-state index contributed by atoms with van der Waals surface area (Å²) in [7, 11) is 0. The maximum atomic E-state index is 12.4. The predicted molar refractivity (Wildman–Crippen MR) is 115 cm³/mol. The van der Waals surface area contributed by atoms with Gasteiger partial charge in [0.25, 0.3) is 5.91 Å². The van der Waals surface area contributed by atoms with Crippen LogP contribution in [0.5, 0.6) is 0 Å². The summed E-state index contributed by atoms with van der Waals surface area (Å²) >= 11 is 1.69. The first-order chi connectivity index (χ1) is 13.9. The number of hydrogen-bond acceptors (Lipinski definition) is 7. The molecular formula is C21H30N4O3S. The minimum absolute atomic E-state index is 0.100. The first-order valence-corrected chi connectivity index (χ1v) is 11.1. The number of nitrogens with one attached hydrogen (secondary N) is 1. The van der Waals surface area contributed by atoms with E-state index in [1.807, 2.05) is 6.92 Å². The lowest BCUT2D eigenvalue weighted by Crippen LogP contribution is -2.39. The van der Waals surface area contributed by atoms with E-state index < -0.39 is 0 Å². The molecular weight excluding hydrogens is 388 g/mol. The molecule has 0 bridgehead atoms. The number of piperidine rings is 1. The molecule has 0 spiro atoms. The van der Waals surface area contributed by atoms with Crippen molar-refractivity contribution in [1.29, 1.82) is 0 Å². The number of thiophene rings is 1. The topological polar surface area (TPSA) is 84.4 Å². The van der Waals surface area contributed by atoms with Crippen molar-refractivity contribution in [3.63, 3.8) is 0 Å². The van der Waals surface area contributed by atoms with Gasteiger partial charge < -0.3 is 15.0 Å². The van der Waals surface area contributed by atoms with Crippen LogP contribution in [0.1, 0.15) is 50.0 Å². The Morgan fingerprint density at radius 1 is 1.31 bits per heavy atom. The number of aryl methyl sites for hydroxylation is 2. The summed E-state index contributed by atoms with van der Waals surface area (Å²) in [6.07, 6.45) is 4.92. The Labute approximate surface area is 175 Å². The largest absolute Gasteiger partial charge is 0.455 e. The summed E-state index contributed by atoms with van der Waals surface area (Å²) in [4.78, 5) is 37.7. The number of aromatic nitrogens is 2. The van der Waals surface area contributed by atoms with Gasteiger partial charge in [-0.3, -0.25) is 9.59 Å². The Hall–Kier alpha value is -2.22. The quantitative estimate of drug-likeness (QED) is 0.694. The molecule has 1 amide bonds. The number of hydrogen-bond donors (Lipinski definition) is 1. The van der Waals surface area contributed by atoms with E-state index in [0.29, 0.717) is 12.8 Å². The molecule has 1 N–H and O–H groups in total. The number of fused-ring (bicyclic) bond motifs is 1. The zero-order chi connectivity index (χ0) is 21.0. The Morgan fingerprint density at radius 3 is 2.72 bits per heavy atom. The van der Waals surface area contributed by atoms with Crippen molar-refractivity contribution >= 4 is 39.2 Å². The van der Waals surface area contributed by atoms with E-state index in [9.17, 15) is 9.59 Å². The number of nitrogens with zero attached hydrogens (tertiary/aromatic N) is 3. The maximum Gasteiger partial charge on any atom is 0.309 e. The third-order valence-corrected chi connectivity index (χ3v) is 6.66. The van der Waals surface area contributed by atoms with E-state index >= 15 is 0 Å². The van der Waals surface area contributed by atoms with E-state index in [4.69, 9.17) is 4.74 Å². The van der Waals surface area contributed by atoms with Crippen molar-refractivity contribution in [2.45, 2.75) is 59.4 Å². The second-order valence-corrected chi connectivity index (χ2v) is 8.99. The third kappa shape index (κ3) is 5.04. The number of esters is 1. The summed E-state index contributed by atoms with van der Waals surface area (Å²) in [6.45, 7) is 9.51. The van der Waals surface area contributed by atoms with Crippen molar-refractivity contribution in [3.8, 4) is 0 Å². The maximum absolute atomic E-state index is 12.4. The van der Waals surface area contributed by atoms with Gasteiger partial charge in [0.15, 0.2) is 6.61 Å². The van der Waals surface area contributed by atoms with E-state index in [1.54, 1.807) is 17.7 Å². The van der Waals surface area contributed by atoms with Gasteiger partial charge in [0.2, 0.25) is 0 Å².